The molecular formula is C23H24N6O2S2. The number of nitrogens with two attached hydrogens (primary N) is 1. The molecule has 1 aliphatic heterocycles. The first-order valence-corrected chi connectivity index (χ1v) is 12.6. The molecule has 1 aromatic carbocycles. The van der Waals surface area contributed by atoms with Crippen LogP contribution in [0.1, 0.15) is 18.4 Å². The van der Waals surface area contributed by atoms with Crippen molar-refractivity contribution in [1.29, 1.82) is 0 Å². The summed E-state index contributed by atoms with van der Waals surface area (Å²) in [5.41, 5.74) is 9.04. The number of thioether (sulfide) groups is 1. The van der Waals surface area contributed by atoms with Crippen molar-refractivity contribution in [2.45, 2.75) is 37.6 Å². The minimum Gasteiger partial charge on any atom is -0.397 e. The first-order valence-electron chi connectivity index (χ1n) is 10.8. The van der Waals surface area contributed by atoms with Crippen LogP contribution in [0.15, 0.2) is 47.8 Å². The van der Waals surface area contributed by atoms with Gasteiger partial charge in [-0.3, -0.25) is 9.36 Å². The van der Waals surface area contributed by atoms with E-state index in [4.69, 9.17) is 10.5 Å². The number of anilines is 2. The van der Waals surface area contributed by atoms with Crippen LogP contribution in [-0.4, -0.2) is 44.1 Å². The molecule has 170 valence electrons. The van der Waals surface area contributed by atoms with Crippen LogP contribution < -0.4 is 11.1 Å². The van der Waals surface area contributed by atoms with Gasteiger partial charge in [0, 0.05) is 23.9 Å². The summed E-state index contributed by atoms with van der Waals surface area (Å²) in [5, 5.41) is 13.4. The average Bonchev–Trinajstić information content (AvgIpc) is 3.55. The lowest BCUT2D eigenvalue weighted by atomic mass is 10.2. The molecule has 0 radical (unpaired) electrons. The largest absolute Gasteiger partial charge is 0.397 e. The Morgan fingerprint density at radius 2 is 2.15 bits per heavy atom. The Morgan fingerprint density at radius 3 is 2.91 bits per heavy atom. The standard InChI is InChI=1S/C23H24N6O2S2/c1-14-6-8-15(9-7-14)26-18(30)13-32-23-28-27-21(29(23)12-16-4-3-11-31-16)20-19(24)17-5-2-10-25-22(17)33-20/h2,5-10,16H,3-4,11-13,24H2,1H3,(H,26,30)/t16-/m1/s1. The van der Waals surface area contributed by atoms with Gasteiger partial charge in [0.1, 0.15) is 4.83 Å². The van der Waals surface area contributed by atoms with Gasteiger partial charge in [-0.05, 0) is 44.0 Å². The van der Waals surface area contributed by atoms with Gasteiger partial charge in [0.05, 0.1) is 29.0 Å². The highest BCUT2D eigenvalue weighted by Gasteiger charge is 2.25. The lowest BCUT2D eigenvalue weighted by Gasteiger charge is -2.14. The predicted molar refractivity (Wildman–Crippen MR) is 133 cm³/mol. The van der Waals surface area contributed by atoms with E-state index in [2.05, 4.69) is 20.5 Å². The minimum atomic E-state index is -0.0948. The summed E-state index contributed by atoms with van der Waals surface area (Å²) in [4.78, 5) is 18.7. The second-order valence-corrected chi connectivity index (χ2v) is 9.90. The third kappa shape index (κ3) is 4.73. The molecule has 0 aliphatic carbocycles. The van der Waals surface area contributed by atoms with Gasteiger partial charge in [-0.2, -0.15) is 0 Å². The van der Waals surface area contributed by atoms with Crippen LogP contribution in [-0.2, 0) is 16.1 Å². The normalized spacial score (nSPS) is 15.8. The van der Waals surface area contributed by atoms with E-state index in [1.54, 1.807) is 6.20 Å². The molecule has 4 heterocycles. The average molecular weight is 481 g/mol. The van der Waals surface area contributed by atoms with Gasteiger partial charge < -0.3 is 15.8 Å². The maximum Gasteiger partial charge on any atom is 0.234 e. The number of rotatable bonds is 7. The maximum atomic E-state index is 12.5. The number of hydrogen-bond acceptors (Lipinski definition) is 8. The van der Waals surface area contributed by atoms with Crippen molar-refractivity contribution >= 4 is 50.6 Å². The Kier molecular flexibility index (Phi) is 6.30. The van der Waals surface area contributed by atoms with Gasteiger partial charge in [-0.1, -0.05) is 29.5 Å². The highest BCUT2D eigenvalue weighted by molar-refractivity contribution is 7.99. The van der Waals surface area contributed by atoms with Crippen LogP contribution in [0.2, 0.25) is 0 Å². The van der Waals surface area contributed by atoms with Gasteiger partial charge in [0.15, 0.2) is 11.0 Å². The van der Waals surface area contributed by atoms with E-state index in [0.717, 1.165) is 45.8 Å². The van der Waals surface area contributed by atoms with Crippen molar-refractivity contribution in [3.63, 3.8) is 0 Å². The smallest absolute Gasteiger partial charge is 0.234 e. The molecule has 33 heavy (non-hydrogen) atoms. The number of pyridine rings is 1. The lowest BCUT2D eigenvalue weighted by molar-refractivity contribution is -0.113. The molecule has 0 unspecified atom stereocenters. The fourth-order valence-electron chi connectivity index (χ4n) is 3.80. The summed E-state index contributed by atoms with van der Waals surface area (Å²) in [5.74, 6) is 0.816. The highest BCUT2D eigenvalue weighted by Crippen LogP contribution is 2.40. The number of aryl methyl sites for hydroxylation is 1. The molecule has 3 aromatic heterocycles. The molecule has 4 aromatic rings. The van der Waals surface area contributed by atoms with Gasteiger partial charge >= 0.3 is 0 Å². The molecule has 1 atom stereocenters. The summed E-state index contributed by atoms with van der Waals surface area (Å²) >= 11 is 2.86. The summed E-state index contributed by atoms with van der Waals surface area (Å²) in [6, 6.07) is 11.6. The zero-order valence-electron chi connectivity index (χ0n) is 18.2. The van der Waals surface area contributed by atoms with Crippen LogP contribution in [0.3, 0.4) is 0 Å². The molecule has 5 rings (SSSR count). The van der Waals surface area contributed by atoms with E-state index in [-0.39, 0.29) is 17.8 Å². The monoisotopic (exact) mass is 480 g/mol. The molecule has 1 amide bonds. The van der Waals surface area contributed by atoms with E-state index in [1.165, 1.54) is 23.1 Å². The number of aromatic nitrogens is 4. The lowest BCUT2D eigenvalue weighted by Crippen LogP contribution is -2.18. The van der Waals surface area contributed by atoms with E-state index < -0.39 is 0 Å². The third-order valence-electron chi connectivity index (χ3n) is 5.50. The Labute approximate surface area is 199 Å². The number of fused-ring (bicyclic) bond motifs is 1. The number of benzene rings is 1. The number of nitrogens with one attached hydrogen (secondary N) is 1. The Morgan fingerprint density at radius 1 is 1.30 bits per heavy atom. The van der Waals surface area contributed by atoms with Gasteiger partial charge in [-0.25, -0.2) is 4.98 Å². The van der Waals surface area contributed by atoms with Gasteiger partial charge in [-0.15, -0.1) is 21.5 Å². The molecule has 0 saturated carbocycles. The number of carbonyl (C=O) groups excluding carboxylic acids is 1. The van der Waals surface area contributed by atoms with E-state index in [9.17, 15) is 4.79 Å². The zero-order chi connectivity index (χ0) is 22.8. The Balaban J connectivity index is 1.39. The number of nitrogen functional groups attached to an aromatic ring is 1. The molecule has 0 bridgehead atoms. The molecule has 1 aliphatic rings. The number of ether oxygens (including phenoxy) is 1. The van der Waals surface area contributed by atoms with Gasteiger partial charge in [0.25, 0.3) is 0 Å². The van der Waals surface area contributed by atoms with Gasteiger partial charge in [0.2, 0.25) is 5.91 Å². The second kappa shape index (κ2) is 9.50. The van der Waals surface area contributed by atoms with Crippen molar-refractivity contribution in [3.8, 4) is 10.7 Å². The third-order valence-corrected chi connectivity index (χ3v) is 7.59. The fourth-order valence-corrected chi connectivity index (χ4v) is 5.61. The zero-order valence-corrected chi connectivity index (χ0v) is 19.8. The van der Waals surface area contributed by atoms with Crippen molar-refractivity contribution in [2.75, 3.05) is 23.4 Å². The Bertz CT molecular complexity index is 1280. The fraction of sp³-hybridized carbons (Fsp3) is 0.304. The predicted octanol–water partition coefficient (Wildman–Crippen LogP) is 4.36. The topological polar surface area (TPSA) is 108 Å². The molecule has 8 nitrogen and oxygen atoms in total. The molecule has 10 heteroatoms. The number of thiophene rings is 1. The van der Waals surface area contributed by atoms with Crippen molar-refractivity contribution in [2.24, 2.45) is 0 Å². The number of nitrogens with zero attached hydrogens (tertiary/aromatic N) is 4. The summed E-state index contributed by atoms with van der Waals surface area (Å²) < 4.78 is 7.90. The van der Waals surface area contributed by atoms with Crippen molar-refractivity contribution < 1.29 is 9.53 Å². The van der Waals surface area contributed by atoms with Crippen LogP contribution in [0.4, 0.5) is 11.4 Å². The summed E-state index contributed by atoms with van der Waals surface area (Å²) in [6.45, 7) is 3.39. The van der Waals surface area contributed by atoms with Crippen LogP contribution >= 0.6 is 23.1 Å². The molecule has 3 N–H and O–H groups in total. The number of carbonyl (C=O) groups is 1. The van der Waals surface area contributed by atoms with Crippen LogP contribution in [0, 0.1) is 6.92 Å². The molecule has 1 saturated heterocycles. The first-order chi connectivity index (χ1) is 16.1. The maximum absolute atomic E-state index is 12.5. The van der Waals surface area contributed by atoms with E-state index in [0.29, 0.717) is 23.2 Å². The van der Waals surface area contributed by atoms with Crippen LogP contribution in [0.25, 0.3) is 20.9 Å². The molecule has 0 spiro atoms. The van der Waals surface area contributed by atoms with E-state index in [1.807, 2.05) is 47.9 Å². The highest BCUT2D eigenvalue weighted by atomic mass is 32.2. The SMILES string of the molecule is Cc1ccc(NC(=O)CSc2nnc(-c3sc4ncccc4c3N)n2C[C@H]2CCCO2)cc1. The van der Waals surface area contributed by atoms with Crippen molar-refractivity contribution in [1.82, 2.24) is 19.7 Å². The minimum absolute atomic E-state index is 0.0919. The number of amides is 1. The molecule has 1 fully saturated rings. The van der Waals surface area contributed by atoms with Crippen LogP contribution in [0.5, 0.6) is 0 Å². The van der Waals surface area contributed by atoms with E-state index >= 15 is 0 Å². The summed E-state index contributed by atoms with van der Waals surface area (Å²) in [7, 11) is 0. The quantitative estimate of drug-likeness (QED) is 0.379. The number of hydrogen-bond donors (Lipinski definition) is 2. The molecular weight excluding hydrogens is 456 g/mol. The van der Waals surface area contributed by atoms with Crippen molar-refractivity contribution in [3.05, 3.63) is 48.2 Å². The second-order valence-electron chi connectivity index (χ2n) is 7.96. The summed E-state index contributed by atoms with van der Waals surface area (Å²) in [6.07, 6.45) is 3.87. The Hall–Kier alpha value is -2.95. The first kappa shape index (κ1) is 21.9.